The fourth-order valence-electron chi connectivity index (χ4n) is 2.43. The summed E-state index contributed by atoms with van der Waals surface area (Å²) in [5.74, 6) is -0.623. The number of ether oxygens (including phenoxy) is 1. The third-order valence-corrected chi connectivity index (χ3v) is 5.81. The Kier molecular flexibility index (Phi) is 6.44. The molecule has 27 heavy (non-hydrogen) atoms. The zero-order chi connectivity index (χ0) is 20.2. The summed E-state index contributed by atoms with van der Waals surface area (Å²) in [5, 5.41) is 0. The highest BCUT2D eigenvalue weighted by atomic mass is 32.2. The molecule has 0 heterocycles. The number of carbonyl (C=O) groups is 1. The molecule has 0 aliphatic carbocycles. The zero-order valence-corrected chi connectivity index (χ0v) is 17.3. The van der Waals surface area contributed by atoms with E-state index in [1.165, 1.54) is 11.6 Å². The molecule has 5 nitrogen and oxygen atoms in total. The molecular formula is C21H27NO4S. The van der Waals surface area contributed by atoms with Gasteiger partial charge in [0, 0.05) is 0 Å². The van der Waals surface area contributed by atoms with Crippen molar-refractivity contribution in [2.75, 3.05) is 6.54 Å². The van der Waals surface area contributed by atoms with Crippen molar-refractivity contribution < 1.29 is 17.9 Å². The highest BCUT2D eigenvalue weighted by molar-refractivity contribution is 7.89. The number of sulfonamides is 1. The van der Waals surface area contributed by atoms with Crippen LogP contribution in [0.3, 0.4) is 0 Å². The molecule has 2 aromatic rings. The van der Waals surface area contributed by atoms with Crippen molar-refractivity contribution in [1.82, 2.24) is 4.72 Å². The van der Waals surface area contributed by atoms with Crippen molar-refractivity contribution in [2.24, 2.45) is 0 Å². The number of rotatable bonds is 6. The van der Waals surface area contributed by atoms with Crippen LogP contribution in [0, 0.1) is 13.8 Å². The summed E-state index contributed by atoms with van der Waals surface area (Å²) in [6.07, 6.45) is 0. The molecule has 0 amide bonds. The molecule has 0 aliphatic rings. The fourth-order valence-corrected chi connectivity index (χ4v) is 3.49. The molecule has 1 N–H and O–H groups in total. The van der Waals surface area contributed by atoms with Crippen LogP contribution in [0.4, 0.5) is 0 Å². The molecule has 0 spiro atoms. The fraction of sp³-hybridized carbons (Fsp3) is 0.381. The van der Waals surface area contributed by atoms with E-state index in [0.29, 0.717) is 0 Å². The first-order valence-electron chi connectivity index (χ1n) is 8.81. The first-order chi connectivity index (χ1) is 12.5. The van der Waals surface area contributed by atoms with E-state index in [2.05, 4.69) is 25.5 Å². The number of esters is 1. The Morgan fingerprint density at radius 3 is 2.19 bits per heavy atom. The zero-order valence-electron chi connectivity index (χ0n) is 16.5. The third kappa shape index (κ3) is 5.91. The molecule has 0 aromatic heterocycles. The Morgan fingerprint density at radius 2 is 1.63 bits per heavy atom. The smallest absolute Gasteiger partial charge is 0.321 e. The first-order valence-corrected chi connectivity index (χ1v) is 10.3. The topological polar surface area (TPSA) is 72.5 Å². The average molecular weight is 390 g/mol. The van der Waals surface area contributed by atoms with Gasteiger partial charge in [-0.1, -0.05) is 51.1 Å². The molecule has 0 fully saturated rings. The predicted molar refractivity (Wildman–Crippen MR) is 106 cm³/mol. The van der Waals surface area contributed by atoms with E-state index < -0.39 is 22.5 Å². The lowest BCUT2D eigenvalue weighted by Gasteiger charge is -2.19. The summed E-state index contributed by atoms with van der Waals surface area (Å²) in [5.41, 5.74) is 3.99. The monoisotopic (exact) mass is 389 g/mol. The molecule has 2 rings (SSSR count). The second-order valence-electron chi connectivity index (χ2n) is 7.68. The standard InChI is InChI=1S/C21H27NO4S/c1-15-6-11-19(12-16(15)2)27(24,25)22-13-20(23)26-14-17-7-9-18(10-8-17)21(3,4)5/h6-12,22H,13-14H2,1-5H3. The van der Waals surface area contributed by atoms with Gasteiger partial charge in [-0.25, -0.2) is 8.42 Å². The van der Waals surface area contributed by atoms with Gasteiger partial charge < -0.3 is 4.74 Å². The van der Waals surface area contributed by atoms with Gasteiger partial charge in [0.2, 0.25) is 10.0 Å². The highest BCUT2D eigenvalue weighted by Gasteiger charge is 2.17. The molecule has 0 saturated heterocycles. The highest BCUT2D eigenvalue weighted by Crippen LogP contribution is 2.22. The van der Waals surface area contributed by atoms with E-state index >= 15 is 0 Å². The van der Waals surface area contributed by atoms with Crippen molar-refractivity contribution in [3.05, 3.63) is 64.7 Å². The molecule has 0 bridgehead atoms. The summed E-state index contributed by atoms with van der Waals surface area (Å²) in [6, 6.07) is 12.7. The number of nitrogens with one attached hydrogen (secondary N) is 1. The number of benzene rings is 2. The van der Waals surface area contributed by atoms with Crippen molar-refractivity contribution in [3.8, 4) is 0 Å². The largest absolute Gasteiger partial charge is 0.460 e. The molecule has 0 atom stereocenters. The number of carbonyl (C=O) groups excluding carboxylic acids is 1. The predicted octanol–water partition coefficient (Wildman–Crippen LogP) is 3.62. The van der Waals surface area contributed by atoms with Crippen LogP contribution >= 0.6 is 0 Å². The van der Waals surface area contributed by atoms with E-state index in [4.69, 9.17) is 4.74 Å². The Labute approximate surface area is 161 Å². The van der Waals surface area contributed by atoms with Gasteiger partial charge in [0.1, 0.15) is 13.2 Å². The van der Waals surface area contributed by atoms with Crippen LogP contribution < -0.4 is 4.72 Å². The average Bonchev–Trinajstić information content (AvgIpc) is 2.60. The van der Waals surface area contributed by atoms with Gasteiger partial charge >= 0.3 is 5.97 Å². The Balaban J connectivity index is 1.89. The van der Waals surface area contributed by atoms with Gasteiger partial charge in [-0.15, -0.1) is 0 Å². The minimum atomic E-state index is -3.75. The Hall–Kier alpha value is -2.18. The number of aryl methyl sites for hydroxylation is 2. The molecule has 146 valence electrons. The SMILES string of the molecule is Cc1ccc(S(=O)(=O)NCC(=O)OCc2ccc(C(C)(C)C)cc2)cc1C. The van der Waals surface area contributed by atoms with E-state index in [1.54, 1.807) is 12.1 Å². The van der Waals surface area contributed by atoms with Crippen molar-refractivity contribution in [3.63, 3.8) is 0 Å². The molecule has 0 unspecified atom stereocenters. The normalized spacial score (nSPS) is 12.0. The maximum Gasteiger partial charge on any atom is 0.321 e. The summed E-state index contributed by atoms with van der Waals surface area (Å²) in [6.45, 7) is 9.83. The first kappa shape index (κ1) is 21.1. The molecular weight excluding hydrogens is 362 g/mol. The van der Waals surface area contributed by atoms with Crippen LogP contribution in [0.1, 0.15) is 43.0 Å². The number of hydrogen-bond donors (Lipinski definition) is 1. The van der Waals surface area contributed by atoms with E-state index in [-0.39, 0.29) is 16.9 Å². The quantitative estimate of drug-likeness (QED) is 0.766. The van der Waals surface area contributed by atoms with Gasteiger partial charge in [0.25, 0.3) is 0 Å². The van der Waals surface area contributed by atoms with Crippen molar-refractivity contribution in [2.45, 2.75) is 51.5 Å². The third-order valence-electron chi connectivity index (χ3n) is 4.41. The second-order valence-corrected chi connectivity index (χ2v) is 9.45. The van der Waals surface area contributed by atoms with E-state index in [0.717, 1.165) is 16.7 Å². The molecule has 2 aromatic carbocycles. The summed E-state index contributed by atoms with van der Waals surface area (Å²) in [4.78, 5) is 12.0. The van der Waals surface area contributed by atoms with Crippen LogP contribution in [-0.4, -0.2) is 20.9 Å². The Bertz CT molecular complexity index is 910. The molecule has 0 saturated carbocycles. The van der Waals surface area contributed by atoms with Gasteiger partial charge in [-0.2, -0.15) is 4.72 Å². The van der Waals surface area contributed by atoms with Crippen LogP contribution in [-0.2, 0) is 31.6 Å². The molecule has 0 aliphatic heterocycles. The molecule has 0 radical (unpaired) electrons. The van der Waals surface area contributed by atoms with E-state index in [1.807, 2.05) is 38.1 Å². The maximum atomic E-state index is 12.3. The maximum absolute atomic E-state index is 12.3. The van der Waals surface area contributed by atoms with Gasteiger partial charge in [-0.05, 0) is 53.6 Å². The van der Waals surface area contributed by atoms with Crippen LogP contribution in [0.15, 0.2) is 47.4 Å². The summed E-state index contributed by atoms with van der Waals surface area (Å²) in [7, 11) is -3.75. The minimum absolute atomic E-state index is 0.0574. The van der Waals surface area contributed by atoms with Crippen LogP contribution in [0.2, 0.25) is 0 Å². The lowest BCUT2D eigenvalue weighted by Crippen LogP contribution is -2.30. The van der Waals surface area contributed by atoms with Gasteiger partial charge in [-0.3, -0.25) is 4.79 Å². The summed E-state index contributed by atoms with van der Waals surface area (Å²) < 4.78 is 32.0. The van der Waals surface area contributed by atoms with Crippen LogP contribution in [0.5, 0.6) is 0 Å². The van der Waals surface area contributed by atoms with Crippen molar-refractivity contribution >= 4 is 16.0 Å². The summed E-state index contributed by atoms with van der Waals surface area (Å²) >= 11 is 0. The second kappa shape index (κ2) is 8.23. The van der Waals surface area contributed by atoms with Crippen LogP contribution in [0.25, 0.3) is 0 Å². The lowest BCUT2D eigenvalue weighted by atomic mass is 9.87. The minimum Gasteiger partial charge on any atom is -0.460 e. The van der Waals surface area contributed by atoms with E-state index in [9.17, 15) is 13.2 Å². The van der Waals surface area contributed by atoms with Gasteiger partial charge in [0.15, 0.2) is 0 Å². The Morgan fingerprint density at radius 1 is 1.00 bits per heavy atom. The van der Waals surface area contributed by atoms with Gasteiger partial charge in [0.05, 0.1) is 4.90 Å². The lowest BCUT2D eigenvalue weighted by molar-refractivity contribution is -0.143. The van der Waals surface area contributed by atoms with Crippen molar-refractivity contribution in [1.29, 1.82) is 0 Å². The molecule has 6 heteroatoms. The number of hydrogen-bond acceptors (Lipinski definition) is 4.